The molecule has 1 N–H and O–H groups in total. The van der Waals surface area contributed by atoms with E-state index in [1.54, 1.807) is 24.5 Å². The lowest BCUT2D eigenvalue weighted by molar-refractivity contribution is -0.145. The molecule has 3 rings (SSSR count). The topological polar surface area (TPSA) is 62.7 Å². The lowest BCUT2D eigenvalue weighted by Crippen LogP contribution is -2.46. The largest absolute Gasteiger partial charge is 0.494 e. The van der Waals surface area contributed by atoms with Crippen molar-refractivity contribution < 1.29 is 19.0 Å². The summed E-state index contributed by atoms with van der Waals surface area (Å²) in [6, 6.07) is 7.53. The summed E-state index contributed by atoms with van der Waals surface area (Å²) in [5.41, 5.74) is 1.54. The van der Waals surface area contributed by atoms with Crippen molar-refractivity contribution in [2.24, 2.45) is 0 Å². The van der Waals surface area contributed by atoms with Gasteiger partial charge in [-0.05, 0) is 48.7 Å². The lowest BCUT2D eigenvalue weighted by atomic mass is 9.92. The van der Waals surface area contributed by atoms with E-state index in [9.17, 15) is 14.3 Å². The second-order valence-electron chi connectivity index (χ2n) is 6.17. The highest BCUT2D eigenvalue weighted by atomic mass is 19.1. The van der Waals surface area contributed by atoms with Crippen LogP contribution in [0, 0.1) is 5.82 Å². The van der Waals surface area contributed by atoms with E-state index < -0.39 is 17.8 Å². The van der Waals surface area contributed by atoms with Crippen LogP contribution in [0.25, 0.3) is 0 Å². The van der Waals surface area contributed by atoms with Gasteiger partial charge in [-0.15, -0.1) is 0 Å². The number of carboxylic acids is 1. The van der Waals surface area contributed by atoms with Crippen LogP contribution in [-0.2, 0) is 4.79 Å². The predicted octanol–water partition coefficient (Wildman–Crippen LogP) is 3.26. The Hall–Kier alpha value is -2.47. The molecule has 2 heterocycles. The van der Waals surface area contributed by atoms with E-state index in [0.29, 0.717) is 18.5 Å². The van der Waals surface area contributed by atoms with Gasteiger partial charge in [-0.25, -0.2) is 4.39 Å². The maximum absolute atomic E-state index is 14.3. The van der Waals surface area contributed by atoms with Gasteiger partial charge >= 0.3 is 5.97 Å². The molecule has 1 aliphatic rings. The number of ether oxygens (including phenoxy) is 1. The first-order valence-corrected chi connectivity index (χ1v) is 8.33. The zero-order valence-corrected chi connectivity index (χ0v) is 14.1. The highest BCUT2D eigenvalue weighted by Gasteiger charge is 2.35. The Bertz CT molecular complexity index is 739. The number of carbonyl (C=O) groups is 1. The minimum atomic E-state index is -0.845. The van der Waals surface area contributed by atoms with E-state index in [0.717, 1.165) is 18.4 Å². The molecule has 0 amide bonds. The fourth-order valence-corrected chi connectivity index (χ4v) is 3.49. The van der Waals surface area contributed by atoms with Crippen molar-refractivity contribution in [2.45, 2.75) is 31.3 Å². The molecule has 0 saturated carbocycles. The SMILES string of the molecule is COc1ccc(C(c2cccnc2)N2CCCCC2C(=O)O)cc1F. The van der Waals surface area contributed by atoms with Crippen LogP contribution in [0.15, 0.2) is 42.7 Å². The van der Waals surface area contributed by atoms with E-state index in [-0.39, 0.29) is 11.8 Å². The van der Waals surface area contributed by atoms with Crippen LogP contribution in [0.5, 0.6) is 5.75 Å². The second kappa shape index (κ2) is 7.61. The van der Waals surface area contributed by atoms with Gasteiger partial charge in [0.25, 0.3) is 0 Å². The Morgan fingerprint density at radius 1 is 1.36 bits per heavy atom. The molecular formula is C19H21FN2O3. The number of benzene rings is 1. The normalized spacial score (nSPS) is 19.4. The smallest absolute Gasteiger partial charge is 0.320 e. The second-order valence-corrected chi connectivity index (χ2v) is 6.17. The lowest BCUT2D eigenvalue weighted by Gasteiger charge is -2.39. The number of pyridine rings is 1. The molecule has 1 fully saturated rings. The van der Waals surface area contributed by atoms with Crippen LogP contribution in [0.2, 0.25) is 0 Å². The number of hydrogen-bond acceptors (Lipinski definition) is 4. The number of halogens is 1. The van der Waals surface area contributed by atoms with E-state index in [1.165, 1.54) is 13.2 Å². The standard InChI is InChI=1S/C19H21FN2O3/c1-25-17-8-7-13(11-15(17)20)18(14-5-4-9-21-12-14)22-10-3-2-6-16(22)19(23)24/h4-5,7-9,11-12,16,18H,2-3,6,10H2,1H3,(H,23,24). The van der Waals surface area contributed by atoms with E-state index >= 15 is 0 Å². The number of piperidine rings is 1. The molecule has 0 spiro atoms. The number of rotatable bonds is 5. The summed E-state index contributed by atoms with van der Waals surface area (Å²) < 4.78 is 19.3. The van der Waals surface area contributed by atoms with Crippen molar-refractivity contribution in [1.29, 1.82) is 0 Å². The van der Waals surface area contributed by atoms with E-state index in [2.05, 4.69) is 4.98 Å². The van der Waals surface area contributed by atoms with Crippen LogP contribution in [0.4, 0.5) is 4.39 Å². The van der Waals surface area contributed by atoms with E-state index in [1.807, 2.05) is 17.0 Å². The zero-order chi connectivity index (χ0) is 17.8. The highest BCUT2D eigenvalue weighted by Crippen LogP contribution is 2.35. The van der Waals surface area contributed by atoms with Gasteiger partial charge < -0.3 is 9.84 Å². The molecule has 6 heteroatoms. The number of aliphatic carboxylic acids is 1. The van der Waals surface area contributed by atoms with Crippen molar-refractivity contribution in [3.8, 4) is 5.75 Å². The third kappa shape index (κ3) is 3.64. The molecule has 1 aromatic carbocycles. The summed E-state index contributed by atoms with van der Waals surface area (Å²) in [6.45, 7) is 0.643. The molecule has 0 radical (unpaired) electrons. The molecule has 5 nitrogen and oxygen atoms in total. The molecule has 2 atom stereocenters. The van der Waals surface area contributed by atoms with Crippen LogP contribution >= 0.6 is 0 Å². The molecule has 25 heavy (non-hydrogen) atoms. The molecular weight excluding hydrogens is 323 g/mol. The number of nitrogens with zero attached hydrogens (tertiary/aromatic N) is 2. The third-order valence-corrected chi connectivity index (χ3v) is 4.65. The van der Waals surface area contributed by atoms with Gasteiger partial charge in [-0.3, -0.25) is 14.7 Å². The number of aromatic nitrogens is 1. The molecule has 0 aliphatic carbocycles. The minimum absolute atomic E-state index is 0.169. The average Bonchev–Trinajstić information content (AvgIpc) is 2.63. The Kier molecular flexibility index (Phi) is 5.28. The van der Waals surface area contributed by atoms with E-state index in [4.69, 9.17) is 4.74 Å². The summed E-state index contributed by atoms with van der Waals surface area (Å²) in [5.74, 6) is -1.14. The van der Waals surface area contributed by atoms with Crippen molar-refractivity contribution in [3.05, 3.63) is 59.7 Å². The van der Waals surface area contributed by atoms with Crippen molar-refractivity contribution in [2.75, 3.05) is 13.7 Å². The summed E-state index contributed by atoms with van der Waals surface area (Å²) in [7, 11) is 1.42. The Labute approximate surface area is 146 Å². The van der Waals surface area contributed by atoms with Crippen LogP contribution in [0.1, 0.15) is 36.4 Å². The fourth-order valence-electron chi connectivity index (χ4n) is 3.49. The Morgan fingerprint density at radius 2 is 2.20 bits per heavy atom. The molecule has 0 bridgehead atoms. The minimum Gasteiger partial charge on any atom is -0.494 e. The molecule has 1 aromatic heterocycles. The summed E-state index contributed by atoms with van der Waals surface area (Å²) in [4.78, 5) is 17.8. The maximum Gasteiger partial charge on any atom is 0.320 e. The summed E-state index contributed by atoms with van der Waals surface area (Å²) in [6.07, 6.45) is 5.76. The highest BCUT2D eigenvalue weighted by molar-refractivity contribution is 5.73. The van der Waals surface area contributed by atoms with Crippen LogP contribution in [-0.4, -0.2) is 40.7 Å². The Balaban J connectivity index is 2.07. The van der Waals surface area contributed by atoms with Gasteiger partial charge in [0.15, 0.2) is 11.6 Å². The van der Waals surface area contributed by atoms with Crippen molar-refractivity contribution in [3.63, 3.8) is 0 Å². The predicted molar refractivity (Wildman–Crippen MR) is 91.0 cm³/mol. The average molecular weight is 344 g/mol. The maximum atomic E-state index is 14.3. The first-order valence-electron chi connectivity index (χ1n) is 8.33. The monoisotopic (exact) mass is 344 g/mol. The van der Waals surface area contributed by atoms with Crippen LogP contribution < -0.4 is 4.74 Å². The quantitative estimate of drug-likeness (QED) is 0.902. The first kappa shape index (κ1) is 17.4. The van der Waals surface area contributed by atoms with Crippen LogP contribution in [0.3, 0.4) is 0 Å². The summed E-state index contributed by atoms with van der Waals surface area (Å²) in [5, 5.41) is 9.64. The number of likely N-dealkylation sites (tertiary alicyclic amines) is 1. The third-order valence-electron chi connectivity index (χ3n) is 4.65. The van der Waals surface area contributed by atoms with Gasteiger partial charge in [0.1, 0.15) is 6.04 Å². The fraction of sp³-hybridized carbons (Fsp3) is 0.368. The van der Waals surface area contributed by atoms with Gasteiger partial charge in [-0.1, -0.05) is 18.6 Å². The van der Waals surface area contributed by atoms with Crippen molar-refractivity contribution in [1.82, 2.24) is 9.88 Å². The molecule has 2 aromatic rings. The number of carboxylic acid groups (broad SMARTS) is 1. The van der Waals surface area contributed by atoms with Gasteiger partial charge in [0.05, 0.1) is 13.2 Å². The van der Waals surface area contributed by atoms with Gasteiger partial charge in [0.2, 0.25) is 0 Å². The van der Waals surface area contributed by atoms with Crippen molar-refractivity contribution >= 4 is 5.97 Å². The molecule has 1 saturated heterocycles. The summed E-state index contributed by atoms with van der Waals surface area (Å²) >= 11 is 0. The molecule has 1 aliphatic heterocycles. The van der Waals surface area contributed by atoms with Gasteiger partial charge in [0, 0.05) is 12.4 Å². The number of hydrogen-bond donors (Lipinski definition) is 1. The Morgan fingerprint density at radius 3 is 2.84 bits per heavy atom. The molecule has 132 valence electrons. The van der Waals surface area contributed by atoms with Gasteiger partial charge in [-0.2, -0.15) is 0 Å². The number of methoxy groups -OCH3 is 1. The first-order chi connectivity index (χ1) is 12.1. The zero-order valence-electron chi connectivity index (χ0n) is 14.1. The molecule has 2 unspecified atom stereocenters.